The minimum atomic E-state index is 0.0356. The zero-order valence-electron chi connectivity index (χ0n) is 12.8. The molecule has 1 aromatic rings. The lowest BCUT2D eigenvalue weighted by molar-refractivity contribution is 0.0851. The van der Waals surface area contributed by atoms with Crippen molar-refractivity contribution in [3.63, 3.8) is 0 Å². The summed E-state index contributed by atoms with van der Waals surface area (Å²) in [6.07, 6.45) is 4.94. The summed E-state index contributed by atoms with van der Waals surface area (Å²) in [5.41, 5.74) is 2.02. The molecule has 0 radical (unpaired) electrons. The molecule has 2 N–H and O–H groups in total. The maximum atomic E-state index is 12.4. The number of carbonyl (C=O) groups excluding carboxylic acids is 1. The first-order valence-corrected chi connectivity index (χ1v) is 7.70. The van der Waals surface area contributed by atoms with Gasteiger partial charge in [0.05, 0.1) is 5.56 Å². The Balaban J connectivity index is 2.01. The number of hydrogen-bond acceptors (Lipinski definition) is 2. The van der Waals surface area contributed by atoms with Gasteiger partial charge < -0.3 is 10.6 Å². The van der Waals surface area contributed by atoms with Crippen molar-refractivity contribution >= 4 is 11.6 Å². The van der Waals surface area contributed by atoms with Gasteiger partial charge in [-0.25, -0.2) is 0 Å². The number of benzene rings is 1. The number of carbonyl (C=O) groups is 1. The summed E-state index contributed by atoms with van der Waals surface area (Å²) < 4.78 is 0. The van der Waals surface area contributed by atoms with Crippen molar-refractivity contribution in [2.45, 2.75) is 52.5 Å². The highest BCUT2D eigenvalue weighted by Gasteiger charge is 2.35. The van der Waals surface area contributed by atoms with E-state index in [9.17, 15) is 4.79 Å². The average Bonchev–Trinajstić information content (AvgIpc) is 2.37. The molecule has 0 unspecified atom stereocenters. The third kappa shape index (κ3) is 3.33. The number of hydrogen-bond donors (Lipinski definition) is 2. The summed E-state index contributed by atoms with van der Waals surface area (Å²) >= 11 is 0. The van der Waals surface area contributed by atoms with Gasteiger partial charge in [-0.1, -0.05) is 25.5 Å². The maximum absolute atomic E-state index is 12.4. The molecule has 1 amide bonds. The van der Waals surface area contributed by atoms with Crippen molar-refractivity contribution in [1.82, 2.24) is 5.32 Å². The highest BCUT2D eigenvalue weighted by Crippen LogP contribution is 2.43. The number of rotatable bonds is 6. The van der Waals surface area contributed by atoms with Gasteiger partial charge in [0.15, 0.2) is 0 Å². The Kier molecular flexibility index (Phi) is 4.69. The molecule has 0 saturated heterocycles. The van der Waals surface area contributed by atoms with Crippen LogP contribution >= 0.6 is 0 Å². The van der Waals surface area contributed by atoms with E-state index in [0.717, 1.165) is 24.2 Å². The molecule has 0 atom stereocenters. The molecule has 0 spiro atoms. The van der Waals surface area contributed by atoms with Gasteiger partial charge in [0.2, 0.25) is 0 Å². The van der Waals surface area contributed by atoms with Crippen LogP contribution in [0.25, 0.3) is 0 Å². The molecule has 20 heavy (non-hydrogen) atoms. The fourth-order valence-electron chi connectivity index (χ4n) is 2.81. The Morgan fingerprint density at radius 1 is 1.30 bits per heavy atom. The van der Waals surface area contributed by atoms with Crippen LogP contribution in [0.5, 0.6) is 0 Å². The normalized spacial score (nSPS) is 16.6. The molecule has 3 heteroatoms. The minimum absolute atomic E-state index is 0.0356. The summed E-state index contributed by atoms with van der Waals surface area (Å²) in [5, 5.41) is 6.46. The molecular weight excluding hydrogens is 248 g/mol. The quantitative estimate of drug-likeness (QED) is 0.828. The molecule has 1 saturated carbocycles. The molecule has 110 valence electrons. The van der Waals surface area contributed by atoms with Crippen LogP contribution in [0.2, 0.25) is 0 Å². The summed E-state index contributed by atoms with van der Waals surface area (Å²) in [5.74, 6) is 0.0356. The minimum Gasteiger partial charge on any atom is -0.382 e. The topological polar surface area (TPSA) is 41.1 Å². The van der Waals surface area contributed by atoms with E-state index in [4.69, 9.17) is 0 Å². The van der Waals surface area contributed by atoms with Crippen LogP contribution in [-0.2, 0) is 0 Å². The van der Waals surface area contributed by atoms with Gasteiger partial charge in [-0.3, -0.25) is 4.79 Å². The fraction of sp³-hybridized carbons (Fsp3) is 0.588. The molecule has 0 aliphatic heterocycles. The van der Waals surface area contributed by atoms with Crippen LogP contribution in [0.3, 0.4) is 0 Å². The lowest BCUT2D eigenvalue weighted by atomic mass is 9.67. The van der Waals surface area contributed by atoms with Crippen LogP contribution < -0.4 is 10.6 Å². The first-order valence-electron chi connectivity index (χ1n) is 7.70. The zero-order chi connectivity index (χ0) is 14.6. The summed E-state index contributed by atoms with van der Waals surface area (Å²) in [6.45, 7) is 7.18. The van der Waals surface area contributed by atoms with Gasteiger partial charge >= 0.3 is 0 Å². The molecule has 3 nitrogen and oxygen atoms in total. The molecule has 2 rings (SSSR count). The second-order valence-corrected chi connectivity index (χ2v) is 6.23. The van der Waals surface area contributed by atoms with Crippen molar-refractivity contribution in [2.24, 2.45) is 5.41 Å². The van der Waals surface area contributed by atoms with Gasteiger partial charge in [0.1, 0.15) is 0 Å². The van der Waals surface area contributed by atoms with E-state index in [0.29, 0.717) is 11.5 Å². The summed E-state index contributed by atoms with van der Waals surface area (Å²) in [6, 6.07) is 8.05. The van der Waals surface area contributed by atoms with Crippen LogP contribution in [0.4, 0.5) is 5.69 Å². The first-order chi connectivity index (χ1) is 9.56. The number of anilines is 1. The molecular formula is C17H26N2O. The molecule has 1 aliphatic rings. The van der Waals surface area contributed by atoms with Gasteiger partial charge in [-0.15, -0.1) is 0 Å². The Bertz CT molecular complexity index is 458. The SMILES string of the molecule is CCC1(CNC(=O)c2ccccc2NC(C)C)CCC1. The summed E-state index contributed by atoms with van der Waals surface area (Å²) in [7, 11) is 0. The fourth-order valence-corrected chi connectivity index (χ4v) is 2.81. The van der Waals surface area contributed by atoms with Crippen molar-refractivity contribution in [3.05, 3.63) is 29.8 Å². The first kappa shape index (κ1) is 14.9. The maximum Gasteiger partial charge on any atom is 0.253 e. The molecule has 0 aromatic heterocycles. The highest BCUT2D eigenvalue weighted by atomic mass is 16.1. The average molecular weight is 274 g/mol. The molecule has 0 heterocycles. The lowest BCUT2D eigenvalue weighted by Crippen LogP contribution is -2.41. The van der Waals surface area contributed by atoms with Gasteiger partial charge in [-0.2, -0.15) is 0 Å². The van der Waals surface area contributed by atoms with Gasteiger partial charge in [-0.05, 0) is 50.7 Å². The van der Waals surface area contributed by atoms with E-state index in [1.165, 1.54) is 19.3 Å². The molecule has 1 fully saturated rings. The molecule has 0 bridgehead atoms. The number of para-hydroxylation sites is 1. The zero-order valence-corrected chi connectivity index (χ0v) is 12.8. The van der Waals surface area contributed by atoms with Crippen LogP contribution in [0.1, 0.15) is 56.8 Å². The van der Waals surface area contributed by atoms with Crippen LogP contribution in [-0.4, -0.2) is 18.5 Å². The Hall–Kier alpha value is -1.51. The van der Waals surface area contributed by atoms with Crippen molar-refractivity contribution in [1.29, 1.82) is 0 Å². The lowest BCUT2D eigenvalue weighted by Gasteiger charge is -2.41. The third-order valence-electron chi connectivity index (χ3n) is 4.40. The van der Waals surface area contributed by atoms with E-state index < -0.39 is 0 Å². The second kappa shape index (κ2) is 6.29. The van der Waals surface area contributed by atoms with E-state index in [1.54, 1.807) is 0 Å². The number of nitrogens with one attached hydrogen (secondary N) is 2. The van der Waals surface area contributed by atoms with Gasteiger partial charge in [0, 0.05) is 18.3 Å². The van der Waals surface area contributed by atoms with Crippen LogP contribution in [0, 0.1) is 5.41 Å². The van der Waals surface area contributed by atoms with E-state index in [2.05, 4.69) is 31.4 Å². The van der Waals surface area contributed by atoms with Crippen molar-refractivity contribution in [2.75, 3.05) is 11.9 Å². The Morgan fingerprint density at radius 3 is 2.55 bits per heavy atom. The smallest absolute Gasteiger partial charge is 0.253 e. The third-order valence-corrected chi connectivity index (χ3v) is 4.40. The highest BCUT2D eigenvalue weighted by molar-refractivity contribution is 5.99. The Morgan fingerprint density at radius 2 is 2.00 bits per heavy atom. The summed E-state index contributed by atoms with van der Waals surface area (Å²) in [4.78, 5) is 12.4. The Labute approximate surface area is 122 Å². The number of amides is 1. The molecule has 1 aliphatic carbocycles. The van der Waals surface area contributed by atoms with Crippen molar-refractivity contribution in [3.8, 4) is 0 Å². The van der Waals surface area contributed by atoms with Crippen molar-refractivity contribution < 1.29 is 4.79 Å². The standard InChI is InChI=1S/C17H26N2O/c1-4-17(10-7-11-17)12-18-16(20)14-8-5-6-9-15(14)19-13(2)3/h5-6,8-9,13,19H,4,7,10-12H2,1-3H3,(H,18,20). The molecule has 1 aromatic carbocycles. The predicted octanol–water partition coefficient (Wildman–Crippen LogP) is 3.82. The van der Waals surface area contributed by atoms with E-state index in [1.807, 2.05) is 24.3 Å². The van der Waals surface area contributed by atoms with E-state index in [-0.39, 0.29) is 5.91 Å². The largest absolute Gasteiger partial charge is 0.382 e. The monoisotopic (exact) mass is 274 g/mol. The van der Waals surface area contributed by atoms with Gasteiger partial charge in [0.25, 0.3) is 5.91 Å². The second-order valence-electron chi connectivity index (χ2n) is 6.23. The van der Waals surface area contributed by atoms with E-state index >= 15 is 0 Å². The predicted molar refractivity (Wildman–Crippen MR) is 84.1 cm³/mol. The van der Waals surface area contributed by atoms with Crippen LogP contribution in [0.15, 0.2) is 24.3 Å².